The lowest BCUT2D eigenvalue weighted by Crippen LogP contribution is -2.13. The Morgan fingerprint density at radius 1 is 1.16 bits per heavy atom. The molecular weight excluding hydrogens is 252 g/mol. The van der Waals surface area contributed by atoms with Crippen LogP contribution in [0, 0.1) is 6.92 Å². The summed E-state index contributed by atoms with van der Waals surface area (Å²) in [5, 5.41) is 4.58. The summed E-state index contributed by atoms with van der Waals surface area (Å²) in [5.74, 6) is 0. The molecule has 2 aromatic rings. The lowest BCUT2D eigenvalue weighted by atomic mass is 10.1. The van der Waals surface area contributed by atoms with Gasteiger partial charge in [-0.1, -0.05) is 38.1 Å². The Labute approximate surface area is 119 Å². The number of nitrogens with one attached hydrogen (secondary N) is 1. The Balaban J connectivity index is 2.13. The fourth-order valence-corrected chi connectivity index (χ4v) is 3.01. The molecule has 0 atom stereocenters. The summed E-state index contributed by atoms with van der Waals surface area (Å²) in [6.45, 7) is 8.47. The summed E-state index contributed by atoms with van der Waals surface area (Å²) >= 11 is 1.80. The second-order valence-electron chi connectivity index (χ2n) is 4.75. The first-order chi connectivity index (χ1) is 9.24. The molecule has 0 aliphatic carbocycles. The molecule has 1 aromatic carbocycles. The minimum Gasteiger partial charge on any atom is -0.312 e. The monoisotopic (exact) mass is 274 g/mol. The first-order valence-electron chi connectivity index (χ1n) is 7.01. The molecule has 0 unspecified atom stereocenters. The van der Waals surface area contributed by atoms with E-state index in [0.29, 0.717) is 0 Å². The zero-order valence-electron chi connectivity index (χ0n) is 12.0. The zero-order chi connectivity index (χ0) is 13.7. The van der Waals surface area contributed by atoms with Crippen LogP contribution in [0.1, 0.15) is 36.4 Å². The van der Waals surface area contributed by atoms with Gasteiger partial charge >= 0.3 is 0 Å². The summed E-state index contributed by atoms with van der Waals surface area (Å²) in [7, 11) is 0. The van der Waals surface area contributed by atoms with Crippen molar-refractivity contribution < 1.29 is 0 Å². The van der Waals surface area contributed by atoms with E-state index in [1.165, 1.54) is 22.4 Å². The number of hydrogen-bond acceptors (Lipinski definition) is 3. The molecule has 3 heteroatoms. The zero-order valence-corrected chi connectivity index (χ0v) is 12.8. The molecule has 1 N–H and O–H groups in total. The SMILES string of the molecule is CCCNCc1sc(-c2ccc(CC)cc2)nc1C. The van der Waals surface area contributed by atoms with Gasteiger partial charge in [-0.15, -0.1) is 11.3 Å². The van der Waals surface area contributed by atoms with Gasteiger partial charge in [0.25, 0.3) is 0 Å². The predicted molar refractivity (Wildman–Crippen MR) is 83.7 cm³/mol. The van der Waals surface area contributed by atoms with Gasteiger partial charge in [-0.25, -0.2) is 4.98 Å². The fraction of sp³-hybridized carbons (Fsp3) is 0.438. The molecule has 0 aliphatic rings. The number of nitrogens with zero attached hydrogens (tertiary/aromatic N) is 1. The van der Waals surface area contributed by atoms with Gasteiger partial charge in [-0.2, -0.15) is 0 Å². The Kier molecular flexibility index (Phi) is 5.11. The molecule has 0 spiro atoms. The van der Waals surface area contributed by atoms with Crippen LogP contribution in [0.2, 0.25) is 0 Å². The van der Waals surface area contributed by atoms with E-state index in [1.807, 2.05) is 0 Å². The van der Waals surface area contributed by atoms with Crippen molar-refractivity contribution in [2.45, 2.75) is 40.2 Å². The number of rotatable bonds is 6. The second-order valence-corrected chi connectivity index (χ2v) is 5.84. The summed E-state index contributed by atoms with van der Waals surface area (Å²) in [6.07, 6.45) is 2.26. The van der Waals surface area contributed by atoms with Crippen LogP contribution in [0.3, 0.4) is 0 Å². The van der Waals surface area contributed by atoms with E-state index >= 15 is 0 Å². The summed E-state index contributed by atoms with van der Waals surface area (Å²) in [5.41, 5.74) is 3.76. The van der Waals surface area contributed by atoms with Crippen molar-refractivity contribution in [2.24, 2.45) is 0 Å². The topological polar surface area (TPSA) is 24.9 Å². The first kappa shape index (κ1) is 14.2. The van der Waals surface area contributed by atoms with Gasteiger partial charge in [0.2, 0.25) is 0 Å². The Bertz CT molecular complexity index is 514. The summed E-state index contributed by atoms with van der Waals surface area (Å²) in [6, 6.07) is 8.75. The lowest BCUT2D eigenvalue weighted by molar-refractivity contribution is 0.678. The third kappa shape index (κ3) is 3.64. The number of hydrogen-bond donors (Lipinski definition) is 1. The van der Waals surface area contributed by atoms with Crippen molar-refractivity contribution in [1.82, 2.24) is 10.3 Å². The molecule has 0 saturated heterocycles. The molecule has 19 heavy (non-hydrogen) atoms. The first-order valence-corrected chi connectivity index (χ1v) is 7.82. The molecule has 0 bridgehead atoms. The number of aromatic nitrogens is 1. The molecule has 0 saturated carbocycles. The highest BCUT2D eigenvalue weighted by Gasteiger charge is 2.08. The molecule has 0 radical (unpaired) electrons. The van der Waals surface area contributed by atoms with E-state index in [0.717, 1.165) is 30.2 Å². The van der Waals surface area contributed by atoms with Crippen molar-refractivity contribution in [3.8, 4) is 10.6 Å². The average Bonchev–Trinajstić information content (AvgIpc) is 2.81. The van der Waals surface area contributed by atoms with Gasteiger partial charge in [0.1, 0.15) is 5.01 Å². The molecule has 1 aromatic heterocycles. The van der Waals surface area contributed by atoms with Gasteiger partial charge in [0, 0.05) is 17.0 Å². The van der Waals surface area contributed by atoms with Crippen molar-refractivity contribution in [3.05, 3.63) is 40.4 Å². The van der Waals surface area contributed by atoms with Crippen molar-refractivity contribution >= 4 is 11.3 Å². The van der Waals surface area contributed by atoms with Gasteiger partial charge in [0.15, 0.2) is 0 Å². The van der Waals surface area contributed by atoms with E-state index < -0.39 is 0 Å². The maximum atomic E-state index is 4.69. The standard InChI is InChI=1S/C16H22N2S/c1-4-10-17-11-15-12(3)18-16(19-15)14-8-6-13(5-2)7-9-14/h6-9,17H,4-5,10-11H2,1-3H3. The van der Waals surface area contributed by atoms with Gasteiger partial charge in [-0.05, 0) is 31.9 Å². The van der Waals surface area contributed by atoms with E-state index in [-0.39, 0.29) is 0 Å². The fourth-order valence-electron chi connectivity index (χ4n) is 1.98. The molecule has 2 rings (SSSR count). The molecule has 0 amide bonds. The largest absolute Gasteiger partial charge is 0.312 e. The maximum Gasteiger partial charge on any atom is 0.123 e. The normalized spacial score (nSPS) is 10.9. The van der Waals surface area contributed by atoms with Crippen LogP contribution >= 0.6 is 11.3 Å². The van der Waals surface area contributed by atoms with E-state index in [1.54, 1.807) is 11.3 Å². The van der Waals surface area contributed by atoms with E-state index in [4.69, 9.17) is 4.98 Å². The third-order valence-corrected chi connectivity index (χ3v) is 4.42. The highest BCUT2D eigenvalue weighted by molar-refractivity contribution is 7.15. The summed E-state index contributed by atoms with van der Waals surface area (Å²) < 4.78 is 0. The molecular formula is C16H22N2S. The minimum atomic E-state index is 0.935. The van der Waals surface area contributed by atoms with Crippen LogP contribution < -0.4 is 5.32 Å². The van der Waals surface area contributed by atoms with Crippen molar-refractivity contribution in [1.29, 1.82) is 0 Å². The molecule has 0 fully saturated rings. The van der Waals surface area contributed by atoms with E-state index in [9.17, 15) is 0 Å². The van der Waals surface area contributed by atoms with Crippen LogP contribution in [0.25, 0.3) is 10.6 Å². The van der Waals surface area contributed by atoms with Crippen molar-refractivity contribution in [2.75, 3.05) is 6.54 Å². The minimum absolute atomic E-state index is 0.935. The molecule has 1 heterocycles. The van der Waals surface area contributed by atoms with Gasteiger partial charge in [-0.3, -0.25) is 0 Å². The van der Waals surface area contributed by atoms with Crippen LogP contribution in [-0.4, -0.2) is 11.5 Å². The second kappa shape index (κ2) is 6.83. The van der Waals surface area contributed by atoms with E-state index in [2.05, 4.69) is 50.4 Å². The lowest BCUT2D eigenvalue weighted by Gasteiger charge is -2.00. The van der Waals surface area contributed by atoms with Crippen LogP contribution in [0.5, 0.6) is 0 Å². The highest BCUT2D eigenvalue weighted by Crippen LogP contribution is 2.28. The van der Waals surface area contributed by atoms with Crippen LogP contribution in [-0.2, 0) is 13.0 Å². The highest BCUT2D eigenvalue weighted by atomic mass is 32.1. The number of benzene rings is 1. The Morgan fingerprint density at radius 3 is 2.53 bits per heavy atom. The number of aryl methyl sites for hydroxylation is 2. The molecule has 2 nitrogen and oxygen atoms in total. The van der Waals surface area contributed by atoms with Crippen molar-refractivity contribution in [3.63, 3.8) is 0 Å². The van der Waals surface area contributed by atoms with Crippen LogP contribution in [0.15, 0.2) is 24.3 Å². The Hall–Kier alpha value is -1.19. The smallest absolute Gasteiger partial charge is 0.123 e. The quantitative estimate of drug-likeness (QED) is 0.799. The van der Waals surface area contributed by atoms with Crippen LogP contribution in [0.4, 0.5) is 0 Å². The average molecular weight is 274 g/mol. The predicted octanol–water partition coefficient (Wildman–Crippen LogP) is 4.18. The molecule has 102 valence electrons. The maximum absolute atomic E-state index is 4.69. The van der Waals surface area contributed by atoms with Gasteiger partial charge < -0.3 is 5.32 Å². The number of thiazole rings is 1. The Morgan fingerprint density at radius 2 is 1.89 bits per heavy atom. The summed E-state index contributed by atoms with van der Waals surface area (Å²) in [4.78, 5) is 6.04. The third-order valence-electron chi connectivity index (χ3n) is 3.21. The molecule has 0 aliphatic heterocycles. The van der Waals surface area contributed by atoms with Gasteiger partial charge in [0.05, 0.1) is 5.69 Å².